The van der Waals surface area contributed by atoms with Gasteiger partial charge in [-0.2, -0.15) is 0 Å². The number of imidazole rings is 1. The van der Waals surface area contributed by atoms with E-state index >= 15 is 0 Å². The van der Waals surface area contributed by atoms with Crippen molar-refractivity contribution in [3.63, 3.8) is 0 Å². The summed E-state index contributed by atoms with van der Waals surface area (Å²) in [5, 5.41) is 3.01. The molecular weight excluding hydrogens is 489 g/mol. The molecule has 2 aromatic heterocycles. The first kappa shape index (κ1) is 24.9. The summed E-state index contributed by atoms with van der Waals surface area (Å²) in [6, 6.07) is 8.41. The van der Waals surface area contributed by atoms with Gasteiger partial charge in [0.25, 0.3) is 0 Å². The second kappa shape index (κ2) is 10.8. The van der Waals surface area contributed by atoms with Gasteiger partial charge in [-0.05, 0) is 50.2 Å². The molecule has 38 heavy (non-hydrogen) atoms. The fourth-order valence-corrected chi connectivity index (χ4v) is 4.68. The van der Waals surface area contributed by atoms with Gasteiger partial charge in [-0.1, -0.05) is 0 Å². The van der Waals surface area contributed by atoms with Gasteiger partial charge in [0.2, 0.25) is 11.9 Å². The molecule has 4 heterocycles. The molecule has 3 aromatic rings. The Balaban J connectivity index is 1.22. The van der Waals surface area contributed by atoms with Crippen LogP contribution in [0.15, 0.2) is 36.5 Å². The number of likely N-dealkylation sites (N-methyl/N-ethyl adjacent to an activating group) is 1. The normalized spacial score (nSPS) is 22.4. The number of amides is 1. The molecule has 11 heteroatoms. The number of carbonyl (C=O) groups is 1. The number of anilines is 1. The Morgan fingerprint density at radius 2 is 1.82 bits per heavy atom. The van der Waals surface area contributed by atoms with Crippen LogP contribution in [-0.4, -0.2) is 89.5 Å². The van der Waals surface area contributed by atoms with Crippen molar-refractivity contribution in [2.45, 2.75) is 31.6 Å². The highest BCUT2D eigenvalue weighted by Gasteiger charge is 2.32. The molecule has 0 bridgehead atoms. The summed E-state index contributed by atoms with van der Waals surface area (Å²) in [4.78, 5) is 34.4. The van der Waals surface area contributed by atoms with Crippen LogP contribution in [0.2, 0.25) is 0 Å². The fourth-order valence-electron chi connectivity index (χ4n) is 4.68. The van der Waals surface area contributed by atoms with E-state index in [4.69, 9.17) is 19.4 Å². The summed E-state index contributed by atoms with van der Waals surface area (Å²) in [5.74, 6) is 0.707. The van der Waals surface area contributed by atoms with Crippen molar-refractivity contribution in [3.05, 3.63) is 48.2 Å². The Morgan fingerprint density at radius 3 is 2.53 bits per heavy atom. The Labute approximate surface area is 220 Å². The molecule has 1 aromatic carbocycles. The largest absolute Gasteiger partial charge is 0.353 e. The van der Waals surface area contributed by atoms with Crippen LogP contribution in [0.1, 0.15) is 18.7 Å². The van der Waals surface area contributed by atoms with Gasteiger partial charge in [0.1, 0.15) is 11.6 Å². The van der Waals surface area contributed by atoms with E-state index in [9.17, 15) is 9.18 Å². The zero-order valence-corrected chi connectivity index (χ0v) is 21.4. The van der Waals surface area contributed by atoms with Crippen molar-refractivity contribution in [1.82, 2.24) is 30.2 Å². The number of nitrogens with one attached hydrogen (secondary N) is 2. The third-order valence-electron chi connectivity index (χ3n) is 7.18. The maximum Gasteiger partial charge on any atom is 0.228 e. The van der Waals surface area contributed by atoms with Gasteiger partial charge in [0.05, 0.1) is 42.6 Å². The number of aromatic nitrogens is 4. The topological polar surface area (TPSA) is 108 Å². The number of halogens is 1. The fraction of sp³-hybridized carbons (Fsp3) is 0.481. The van der Waals surface area contributed by atoms with Gasteiger partial charge in [-0.25, -0.2) is 19.3 Å². The van der Waals surface area contributed by atoms with E-state index in [1.54, 1.807) is 18.3 Å². The molecule has 3 aliphatic rings. The average molecular weight is 522 g/mol. The highest BCUT2D eigenvalue weighted by atomic mass is 19.1. The number of hydrogen-bond acceptors (Lipinski definition) is 8. The molecule has 0 unspecified atom stereocenters. The van der Waals surface area contributed by atoms with Crippen LogP contribution in [0.5, 0.6) is 0 Å². The Hall–Kier alpha value is -3.41. The molecule has 10 nitrogen and oxygen atoms in total. The highest BCUT2D eigenvalue weighted by Crippen LogP contribution is 2.31. The Bertz CT molecular complexity index is 1260. The zero-order chi connectivity index (χ0) is 26.1. The Kier molecular flexibility index (Phi) is 7.05. The van der Waals surface area contributed by atoms with Gasteiger partial charge in [0, 0.05) is 44.0 Å². The molecule has 0 atom stereocenters. The van der Waals surface area contributed by atoms with Gasteiger partial charge in [-0.15, -0.1) is 0 Å². The van der Waals surface area contributed by atoms with E-state index < -0.39 is 6.29 Å². The van der Waals surface area contributed by atoms with Crippen molar-refractivity contribution in [2.75, 3.05) is 51.3 Å². The molecule has 1 amide bonds. The lowest BCUT2D eigenvalue weighted by molar-refractivity contribution is -0.200. The molecule has 2 aliphatic heterocycles. The van der Waals surface area contributed by atoms with E-state index in [1.807, 2.05) is 6.07 Å². The molecule has 6 rings (SSSR count). The molecule has 1 aliphatic carbocycles. The van der Waals surface area contributed by atoms with E-state index in [0.29, 0.717) is 48.8 Å². The lowest BCUT2D eigenvalue weighted by Crippen LogP contribution is -2.45. The maximum atomic E-state index is 13.7. The minimum Gasteiger partial charge on any atom is -0.353 e. The van der Waals surface area contributed by atoms with Crippen LogP contribution in [0, 0.1) is 11.7 Å². The second-order valence-corrected chi connectivity index (χ2v) is 10.2. The summed E-state index contributed by atoms with van der Waals surface area (Å²) in [6.07, 6.45) is 3.70. The molecular formula is C27H32FN7O3. The van der Waals surface area contributed by atoms with E-state index in [1.165, 1.54) is 12.1 Å². The summed E-state index contributed by atoms with van der Waals surface area (Å²) >= 11 is 0. The minimum absolute atomic E-state index is 0.00949. The van der Waals surface area contributed by atoms with Crippen LogP contribution < -0.4 is 10.2 Å². The van der Waals surface area contributed by atoms with E-state index in [0.717, 1.165) is 50.3 Å². The number of H-pyrrole nitrogens is 1. The van der Waals surface area contributed by atoms with Crippen LogP contribution >= 0.6 is 0 Å². The quantitative estimate of drug-likeness (QED) is 0.488. The van der Waals surface area contributed by atoms with Crippen molar-refractivity contribution in [3.8, 4) is 22.6 Å². The predicted octanol–water partition coefficient (Wildman–Crippen LogP) is 2.23. The number of nitrogens with zero attached hydrogens (tertiary/aromatic N) is 5. The number of rotatable bonds is 7. The lowest BCUT2D eigenvalue weighted by atomic mass is 10.1. The monoisotopic (exact) mass is 521 g/mol. The van der Waals surface area contributed by atoms with Crippen molar-refractivity contribution in [2.24, 2.45) is 5.92 Å². The third kappa shape index (κ3) is 5.69. The van der Waals surface area contributed by atoms with Gasteiger partial charge < -0.3 is 29.6 Å². The molecule has 2 N–H and O–H groups in total. The molecule has 0 spiro atoms. The summed E-state index contributed by atoms with van der Waals surface area (Å²) in [7, 11) is 2.11. The molecule has 200 valence electrons. The van der Waals surface area contributed by atoms with E-state index in [-0.39, 0.29) is 17.6 Å². The number of aromatic amines is 1. The minimum atomic E-state index is -0.522. The molecule has 0 radical (unpaired) electrons. The SMILES string of the molecule is CN1CCN(c2nccc(-c3[nH]c(CC4OCC(C(=O)NC5CC5)CO4)nc3-c3ccc(F)cc3)n2)CC1. The van der Waals surface area contributed by atoms with Gasteiger partial charge in [0.15, 0.2) is 6.29 Å². The molecule has 3 fully saturated rings. The summed E-state index contributed by atoms with van der Waals surface area (Å²) in [6.45, 7) is 4.23. The van der Waals surface area contributed by atoms with Crippen LogP contribution in [0.25, 0.3) is 22.6 Å². The van der Waals surface area contributed by atoms with E-state index in [2.05, 4.69) is 32.1 Å². The standard InChI is InChI=1S/C27H32FN7O3/c1-34-10-12-35(13-11-34)27-29-9-8-21(31-27)25-24(17-2-4-19(28)5-3-17)32-22(33-25)14-23-37-15-18(16-38-23)26(36)30-20-6-7-20/h2-5,8-9,18,20,23H,6-7,10-16H2,1H3,(H,30,36)(H,32,33). The smallest absolute Gasteiger partial charge is 0.228 e. The average Bonchev–Trinajstić information content (AvgIpc) is 3.66. The molecule has 1 saturated carbocycles. The Morgan fingerprint density at radius 1 is 1.08 bits per heavy atom. The van der Waals surface area contributed by atoms with Crippen molar-refractivity contribution < 1.29 is 18.7 Å². The number of benzene rings is 1. The third-order valence-corrected chi connectivity index (χ3v) is 7.18. The van der Waals surface area contributed by atoms with Gasteiger partial charge in [-0.3, -0.25) is 4.79 Å². The summed E-state index contributed by atoms with van der Waals surface area (Å²) in [5.41, 5.74) is 2.86. The first-order valence-corrected chi connectivity index (χ1v) is 13.2. The highest BCUT2D eigenvalue weighted by molar-refractivity contribution is 5.79. The van der Waals surface area contributed by atoms with Crippen molar-refractivity contribution in [1.29, 1.82) is 0 Å². The van der Waals surface area contributed by atoms with Crippen LogP contribution in [0.4, 0.5) is 10.3 Å². The number of carbonyl (C=O) groups excluding carboxylic acids is 1. The first-order chi connectivity index (χ1) is 18.5. The van der Waals surface area contributed by atoms with Crippen LogP contribution in [0.3, 0.4) is 0 Å². The maximum absolute atomic E-state index is 13.7. The number of ether oxygens (including phenoxy) is 2. The second-order valence-electron chi connectivity index (χ2n) is 10.2. The van der Waals surface area contributed by atoms with Gasteiger partial charge >= 0.3 is 0 Å². The lowest BCUT2D eigenvalue weighted by Gasteiger charge is -2.32. The number of hydrogen-bond donors (Lipinski definition) is 2. The summed E-state index contributed by atoms with van der Waals surface area (Å²) < 4.78 is 25.4. The first-order valence-electron chi connectivity index (χ1n) is 13.2. The zero-order valence-electron chi connectivity index (χ0n) is 21.4. The van der Waals surface area contributed by atoms with Crippen LogP contribution in [-0.2, 0) is 20.7 Å². The predicted molar refractivity (Wildman–Crippen MR) is 139 cm³/mol. The number of piperazine rings is 1. The van der Waals surface area contributed by atoms with Crippen molar-refractivity contribution >= 4 is 11.9 Å². The molecule has 2 saturated heterocycles.